The molecule has 1 heterocycles. The lowest BCUT2D eigenvalue weighted by Crippen LogP contribution is -2.67. The average Bonchev–Trinajstić information content (AvgIpc) is 3.31. The average molecular weight is 987 g/mol. The number of phosphoric ester groups is 1. The maximum atomic E-state index is 13.4. The highest BCUT2D eigenvalue weighted by Gasteiger charge is 2.55. The Morgan fingerprint density at radius 3 is 1.33 bits per heavy atom. The third-order valence-electron chi connectivity index (χ3n) is 12.8. The van der Waals surface area contributed by atoms with Crippen LogP contribution in [0.1, 0.15) is 200 Å². The number of aliphatic hydroxyl groups is 8. The van der Waals surface area contributed by atoms with E-state index in [0.29, 0.717) is 12.8 Å². The molecule has 1 aliphatic carbocycles. The summed E-state index contributed by atoms with van der Waals surface area (Å²) in [4.78, 5) is 36.5. The van der Waals surface area contributed by atoms with E-state index < -0.39 is 113 Å². The lowest BCUT2D eigenvalue weighted by molar-refractivity contribution is -0.338. The second-order valence-corrected chi connectivity index (χ2v) is 20.1. The Morgan fingerprint density at radius 1 is 0.507 bits per heavy atom. The maximum Gasteiger partial charge on any atom is 0.472 e. The van der Waals surface area contributed by atoms with Crippen molar-refractivity contribution in [2.45, 2.75) is 273 Å². The highest BCUT2D eigenvalue weighted by atomic mass is 31.2. The van der Waals surface area contributed by atoms with Gasteiger partial charge in [0.05, 0.1) is 13.2 Å². The van der Waals surface area contributed by atoms with E-state index >= 15 is 0 Å². The molecule has 19 heteroatoms. The van der Waals surface area contributed by atoms with E-state index in [4.69, 9.17) is 28.0 Å². The Hall–Kier alpha value is -1.35. The number of aliphatic hydroxyl groups excluding tert-OH is 8. The van der Waals surface area contributed by atoms with Crippen molar-refractivity contribution in [3.05, 3.63) is 0 Å². The lowest BCUT2D eigenvalue weighted by atomic mass is 9.84. The third kappa shape index (κ3) is 25.6. The highest BCUT2D eigenvalue weighted by Crippen LogP contribution is 2.48. The smallest absolute Gasteiger partial charge is 0.462 e. The van der Waals surface area contributed by atoms with E-state index in [1.54, 1.807) is 0 Å². The first-order chi connectivity index (χ1) is 32.2. The van der Waals surface area contributed by atoms with Crippen molar-refractivity contribution in [2.24, 2.45) is 0 Å². The monoisotopic (exact) mass is 987 g/mol. The normalized spacial score (nSPS) is 28.0. The number of hydrogen-bond acceptors (Lipinski definition) is 17. The number of hydrogen-bond donors (Lipinski definition) is 9. The molecule has 1 saturated heterocycles. The fourth-order valence-electron chi connectivity index (χ4n) is 8.53. The molecule has 18 nitrogen and oxygen atoms in total. The summed E-state index contributed by atoms with van der Waals surface area (Å²) >= 11 is 0. The second-order valence-electron chi connectivity index (χ2n) is 18.7. The zero-order chi connectivity index (χ0) is 49.5. The van der Waals surface area contributed by atoms with Crippen LogP contribution in [0.2, 0.25) is 0 Å². The van der Waals surface area contributed by atoms with Crippen LogP contribution in [0.15, 0.2) is 0 Å². The van der Waals surface area contributed by atoms with Crippen LogP contribution in [0.25, 0.3) is 0 Å². The molecule has 13 atom stereocenters. The van der Waals surface area contributed by atoms with E-state index in [1.807, 2.05) is 0 Å². The molecule has 9 N–H and O–H groups in total. The predicted octanol–water partition coefficient (Wildman–Crippen LogP) is 5.94. The third-order valence-corrected chi connectivity index (χ3v) is 13.8. The molecular weight excluding hydrogens is 895 g/mol. The summed E-state index contributed by atoms with van der Waals surface area (Å²) in [6.07, 6.45) is 7.55. The highest BCUT2D eigenvalue weighted by molar-refractivity contribution is 7.47. The molecule has 396 valence electrons. The van der Waals surface area contributed by atoms with Gasteiger partial charge in [-0.15, -0.1) is 0 Å². The van der Waals surface area contributed by atoms with Gasteiger partial charge in [-0.2, -0.15) is 0 Å². The van der Waals surface area contributed by atoms with Crippen molar-refractivity contribution in [1.29, 1.82) is 0 Å². The fourth-order valence-corrected chi connectivity index (χ4v) is 9.50. The molecule has 1 aliphatic heterocycles. The number of carbonyl (C=O) groups excluding carboxylic acids is 2. The van der Waals surface area contributed by atoms with Crippen molar-refractivity contribution in [2.75, 3.05) is 19.8 Å². The molecule has 0 spiro atoms. The Labute approximate surface area is 400 Å². The van der Waals surface area contributed by atoms with E-state index in [9.17, 15) is 59.9 Å². The van der Waals surface area contributed by atoms with Gasteiger partial charge in [0.1, 0.15) is 67.6 Å². The van der Waals surface area contributed by atoms with E-state index in [1.165, 1.54) is 109 Å². The minimum atomic E-state index is -5.37. The molecule has 2 rings (SSSR count). The summed E-state index contributed by atoms with van der Waals surface area (Å²) < 4.78 is 45.5. The van der Waals surface area contributed by atoms with Gasteiger partial charge in [0.15, 0.2) is 12.4 Å². The van der Waals surface area contributed by atoms with Crippen LogP contribution in [0.5, 0.6) is 0 Å². The maximum absolute atomic E-state index is 13.4. The van der Waals surface area contributed by atoms with Crippen LogP contribution >= 0.6 is 7.82 Å². The molecule has 0 amide bonds. The van der Waals surface area contributed by atoms with Gasteiger partial charge in [-0.3, -0.25) is 18.6 Å². The van der Waals surface area contributed by atoms with E-state index in [-0.39, 0.29) is 12.8 Å². The molecule has 0 aromatic carbocycles. The number of phosphoric acid groups is 1. The first-order valence-electron chi connectivity index (χ1n) is 25.9. The minimum absolute atomic E-state index is 0.0396. The van der Waals surface area contributed by atoms with Gasteiger partial charge in [-0.1, -0.05) is 174 Å². The molecule has 67 heavy (non-hydrogen) atoms. The number of rotatable bonds is 40. The molecule has 0 bridgehead atoms. The lowest BCUT2D eigenvalue weighted by Gasteiger charge is -2.47. The zero-order valence-corrected chi connectivity index (χ0v) is 41.6. The summed E-state index contributed by atoms with van der Waals surface area (Å²) in [7, 11) is -5.37. The molecule has 0 radical (unpaired) electrons. The summed E-state index contributed by atoms with van der Waals surface area (Å²) in [5, 5.41) is 82.9. The molecule has 0 aromatic rings. The van der Waals surface area contributed by atoms with E-state index in [2.05, 4.69) is 13.8 Å². The zero-order valence-electron chi connectivity index (χ0n) is 40.7. The summed E-state index contributed by atoms with van der Waals surface area (Å²) in [5.41, 5.74) is 0. The van der Waals surface area contributed by atoms with E-state index in [0.717, 1.165) is 51.4 Å². The van der Waals surface area contributed by atoms with Crippen LogP contribution in [0.4, 0.5) is 0 Å². The predicted molar refractivity (Wildman–Crippen MR) is 249 cm³/mol. The van der Waals surface area contributed by atoms with Gasteiger partial charge < -0.3 is 64.7 Å². The Morgan fingerprint density at radius 2 is 0.896 bits per heavy atom. The largest absolute Gasteiger partial charge is 0.472 e. The second kappa shape index (κ2) is 36.6. The molecule has 2 fully saturated rings. The minimum Gasteiger partial charge on any atom is -0.462 e. The number of carbonyl (C=O) groups is 2. The van der Waals surface area contributed by atoms with Gasteiger partial charge in [-0.25, -0.2) is 4.57 Å². The molecule has 2 aliphatic rings. The number of unbranched alkanes of at least 4 members (excludes halogenated alkanes) is 25. The van der Waals surface area contributed by atoms with Crippen LogP contribution in [-0.2, 0) is 42.1 Å². The Balaban J connectivity index is 1.94. The van der Waals surface area contributed by atoms with Gasteiger partial charge in [0.25, 0.3) is 0 Å². The van der Waals surface area contributed by atoms with Gasteiger partial charge >= 0.3 is 19.8 Å². The summed E-state index contributed by atoms with van der Waals surface area (Å²) in [5.74, 6) is -1.20. The molecule has 1 saturated carbocycles. The van der Waals surface area contributed by atoms with Crippen molar-refractivity contribution < 1.29 is 87.9 Å². The van der Waals surface area contributed by atoms with Gasteiger partial charge in [-0.05, 0) is 12.8 Å². The number of esters is 2. The topological polar surface area (TPSA) is 289 Å². The van der Waals surface area contributed by atoms with Crippen LogP contribution < -0.4 is 0 Å². The Bertz CT molecular complexity index is 1310. The van der Waals surface area contributed by atoms with Gasteiger partial charge in [0.2, 0.25) is 0 Å². The van der Waals surface area contributed by atoms with Crippen molar-refractivity contribution in [1.82, 2.24) is 0 Å². The van der Waals surface area contributed by atoms with Crippen LogP contribution in [-0.4, -0.2) is 151 Å². The van der Waals surface area contributed by atoms with Gasteiger partial charge in [0, 0.05) is 12.8 Å². The fraction of sp³-hybridized carbons (Fsp3) is 0.958. The molecule has 13 unspecified atom stereocenters. The van der Waals surface area contributed by atoms with Crippen LogP contribution in [0, 0.1) is 0 Å². The molecule has 0 aromatic heterocycles. The summed E-state index contributed by atoms with van der Waals surface area (Å²) in [6, 6.07) is 0. The van der Waals surface area contributed by atoms with Crippen molar-refractivity contribution >= 4 is 19.8 Å². The summed E-state index contributed by atoms with van der Waals surface area (Å²) in [6.45, 7) is 2.24. The first kappa shape index (κ1) is 61.8. The SMILES string of the molecule is CCCCCCCCCCCCCCCCC(=O)OCC(COP(=O)(O)OC1C(O)C(O)C(O)C(O)C1OC1OC(CO)C(O)C(O)C1O)OC(=O)CCCCCCCCCCCCCCC. The Kier molecular flexibility index (Phi) is 33.7. The van der Waals surface area contributed by atoms with Crippen molar-refractivity contribution in [3.63, 3.8) is 0 Å². The van der Waals surface area contributed by atoms with Crippen molar-refractivity contribution in [3.8, 4) is 0 Å². The standard InChI is InChI=1S/C48H91O18P/c1-3-5-7-9-11-13-15-17-19-20-22-24-26-28-30-37(50)61-33-35(63-38(51)31-29-27-25-23-21-18-16-14-12-10-8-6-4-2)34-62-67(59,60)66-47-44(57)42(55)41(54)43(56)46(47)65-48-45(58)40(53)39(52)36(32-49)64-48/h35-36,39-49,52-58H,3-34H2,1-2H3,(H,59,60). The first-order valence-corrected chi connectivity index (χ1v) is 27.4. The number of ether oxygens (including phenoxy) is 4. The quantitative estimate of drug-likeness (QED) is 0.0195. The molecular formula is C48H91O18P. The van der Waals surface area contributed by atoms with Crippen LogP contribution in [0.3, 0.4) is 0 Å².